The van der Waals surface area contributed by atoms with Gasteiger partial charge >= 0.3 is 0 Å². The van der Waals surface area contributed by atoms with Gasteiger partial charge in [0.05, 0.1) is 16.7 Å². The zero-order valence-electron chi connectivity index (χ0n) is 16.9. The number of rotatable bonds is 10. The van der Waals surface area contributed by atoms with E-state index in [1.54, 1.807) is 12.1 Å². The molecule has 0 atom stereocenters. The van der Waals surface area contributed by atoms with Crippen LogP contribution in [0.25, 0.3) is 0 Å². The third-order valence-corrected chi connectivity index (χ3v) is 5.89. The number of nitrogens with one attached hydrogen (secondary N) is 1. The molecule has 0 spiro atoms. The molecule has 0 heterocycles. The lowest BCUT2D eigenvalue weighted by Gasteiger charge is -2.24. The second kappa shape index (κ2) is 10.4. The van der Waals surface area contributed by atoms with Gasteiger partial charge in [0.15, 0.2) is 0 Å². The molecule has 0 aliphatic carbocycles. The van der Waals surface area contributed by atoms with E-state index in [1.807, 2.05) is 20.8 Å². The first-order chi connectivity index (χ1) is 13.7. The minimum absolute atomic E-state index is 0.00973. The molecule has 0 saturated heterocycles. The van der Waals surface area contributed by atoms with E-state index in [2.05, 4.69) is 5.32 Å². The Morgan fingerprint density at radius 2 is 1.79 bits per heavy atom. The van der Waals surface area contributed by atoms with Gasteiger partial charge in [-0.05, 0) is 51.5 Å². The largest absolute Gasteiger partial charge is 0.379 e. The lowest BCUT2D eigenvalue weighted by Crippen LogP contribution is -2.41. The van der Waals surface area contributed by atoms with Crippen LogP contribution in [0.15, 0.2) is 53.4 Å². The molecular formula is C21H27FN2O4S. The maximum Gasteiger partial charge on any atom is 0.264 e. The zero-order valence-corrected chi connectivity index (χ0v) is 17.7. The van der Waals surface area contributed by atoms with Gasteiger partial charge in [-0.1, -0.05) is 29.8 Å². The molecule has 158 valence electrons. The topological polar surface area (TPSA) is 75.7 Å². The van der Waals surface area contributed by atoms with Gasteiger partial charge in [-0.15, -0.1) is 0 Å². The summed E-state index contributed by atoms with van der Waals surface area (Å²) in [6.07, 6.45) is 0.691. The highest BCUT2D eigenvalue weighted by atomic mass is 32.2. The number of hydrogen-bond acceptors (Lipinski definition) is 4. The number of carbonyl (C=O) groups excluding carboxylic acids is 1. The van der Waals surface area contributed by atoms with E-state index in [1.165, 1.54) is 30.3 Å². The molecule has 1 amide bonds. The number of anilines is 1. The van der Waals surface area contributed by atoms with Crippen LogP contribution in [0.4, 0.5) is 10.1 Å². The van der Waals surface area contributed by atoms with E-state index < -0.39 is 28.3 Å². The van der Waals surface area contributed by atoms with Gasteiger partial charge in [0.25, 0.3) is 10.0 Å². The van der Waals surface area contributed by atoms with Gasteiger partial charge in [-0.3, -0.25) is 9.10 Å². The summed E-state index contributed by atoms with van der Waals surface area (Å²) in [7, 11) is -4.13. The number of sulfonamides is 1. The number of ether oxygens (including phenoxy) is 1. The fraction of sp³-hybridized carbons (Fsp3) is 0.381. The fourth-order valence-corrected chi connectivity index (χ4v) is 4.03. The van der Waals surface area contributed by atoms with Gasteiger partial charge < -0.3 is 10.1 Å². The smallest absolute Gasteiger partial charge is 0.264 e. The molecule has 2 aromatic carbocycles. The van der Waals surface area contributed by atoms with Crippen molar-refractivity contribution in [3.63, 3.8) is 0 Å². The molecule has 0 bridgehead atoms. The van der Waals surface area contributed by atoms with Crippen molar-refractivity contribution < 1.29 is 22.3 Å². The first-order valence-corrected chi connectivity index (χ1v) is 10.9. The second-order valence-corrected chi connectivity index (χ2v) is 8.76. The molecule has 0 aromatic heterocycles. The molecule has 0 aliphatic rings. The summed E-state index contributed by atoms with van der Waals surface area (Å²) in [5.74, 6) is -1.24. The molecule has 0 aliphatic heterocycles. The van der Waals surface area contributed by atoms with Crippen LogP contribution in [0.3, 0.4) is 0 Å². The normalized spacial score (nSPS) is 11.5. The molecular weight excluding hydrogens is 395 g/mol. The SMILES string of the molecule is Cc1ccc(S(=O)(=O)N(CC(=O)NCCCOC(C)C)c2ccccc2F)cc1. The first kappa shape index (κ1) is 22.8. The Labute approximate surface area is 171 Å². The number of amides is 1. The predicted molar refractivity (Wildman–Crippen MR) is 111 cm³/mol. The Bertz CT molecular complexity index is 915. The minimum Gasteiger partial charge on any atom is -0.379 e. The van der Waals surface area contributed by atoms with Crippen molar-refractivity contribution in [1.82, 2.24) is 5.32 Å². The monoisotopic (exact) mass is 422 g/mol. The molecule has 0 unspecified atom stereocenters. The molecule has 2 aromatic rings. The molecule has 0 radical (unpaired) electrons. The first-order valence-electron chi connectivity index (χ1n) is 9.44. The van der Waals surface area contributed by atoms with Crippen LogP contribution in [-0.2, 0) is 19.6 Å². The summed E-state index contributed by atoms with van der Waals surface area (Å²) in [6.45, 7) is 5.96. The maximum atomic E-state index is 14.4. The lowest BCUT2D eigenvalue weighted by atomic mass is 10.2. The third-order valence-electron chi connectivity index (χ3n) is 4.11. The summed E-state index contributed by atoms with van der Waals surface area (Å²) >= 11 is 0. The minimum atomic E-state index is -4.13. The molecule has 8 heteroatoms. The highest BCUT2D eigenvalue weighted by Gasteiger charge is 2.28. The summed E-state index contributed by atoms with van der Waals surface area (Å²) < 4.78 is 46.9. The lowest BCUT2D eigenvalue weighted by molar-refractivity contribution is -0.119. The van der Waals surface area contributed by atoms with Gasteiger partial charge in [-0.2, -0.15) is 0 Å². The van der Waals surface area contributed by atoms with Crippen molar-refractivity contribution in [2.45, 2.75) is 38.2 Å². The Kier molecular flexibility index (Phi) is 8.16. The molecule has 6 nitrogen and oxygen atoms in total. The van der Waals surface area contributed by atoms with Crippen LogP contribution in [0.2, 0.25) is 0 Å². The van der Waals surface area contributed by atoms with Crippen LogP contribution in [0.1, 0.15) is 25.8 Å². The van der Waals surface area contributed by atoms with Gasteiger partial charge in [-0.25, -0.2) is 12.8 Å². The Hall–Kier alpha value is -2.45. The number of aryl methyl sites for hydroxylation is 1. The van der Waals surface area contributed by atoms with Crippen molar-refractivity contribution in [3.8, 4) is 0 Å². The quantitative estimate of drug-likeness (QED) is 0.597. The van der Waals surface area contributed by atoms with Crippen LogP contribution in [0, 0.1) is 12.7 Å². The number of nitrogens with zero attached hydrogens (tertiary/aromatic N) is 1. The zero-order chi connectivity index (χ0) is 21.4. The number of para-hydroxylation sites is 1. The van der Waals surface area contributed by atoms with E-state index in [4.69, 9.17) is 4.74 Å². The summed E-state index contributed by atoms with van der Waals surface area (Å²) in [4.78, 5) is 12.4. The van der Waals surface area contributed by atoms with Crippen LogP contribution < -0.4 is 9.62 Å². The van der Waals surface area contributed by atoms with Crippen molar-refractivity contribution in [1.29, 1.82) is 0 Å². The standard InChI is InChI=1S/C21H27FN2O4S/c1-16(2)28-14-6-13-23-21(25)15-24(20-8-5-4-7-19(20)22)29(26,27)18-11-9-17(3)10-12-18/h4-5,7-12,16H,6,13-15H2,1-3H3,(H,23,25). The number of hydrogen-bond donors (Lipinski definition) is 1. The summed E-state index contributed by atoms with van der Waals surface area (Å²) in [5.41, 5.74) is 0.717. The maximum absolute atomic E-state index is 14.4. The van der Waals surface area contributed by atoms with Crippen molar-refractivity contribution >= 4 is 21.6 Å². The van der Waals surface area contributed by atoms with Gasteiger partial charge in [0, 0.05) is 13.2 Å². The second-order valence-electron chi connectivity index (χ2n) is 6.90. The molecule has 2 rings (SSSR count). The molecule has 0 saturated carbocycles. The highest BCUT2D eigenvalue weighted by molar-refractivity contribution is 7.92. The van der Waals surface area contributed by atoms with E-state index >= 15 is 0 Å². The Morgan fingerprint density at radius 3 is 2.41 bits per heavy atom. The van der Waals surface area contributed by atoms with E-state index in [0.717, 1.165) is 15.9 Å². The predicted octanol–water partition coefficient (Wildman–Crippen LogP) is 3.26. The van der Waals surface area contributed by atoms with Crippen LogP contribution >= 0.6 is 0 Å². The molecule has 1 N–H and O–H groups in total. The highest BCUT2D eigenvalue weighted by Crippen LogP contribution is 2.26. The van der Waals surface area contributed by atoms with Crippen molar-refractivity contribution in [2.24, 2.45) is 0 Å². The summed E-state index contributed by atoms with van der Waals surface area (Å²) in [6, 6.07) is 11.7. The van der Waals surface area contributed by atoms with Crippen molar-refractivity contribution in [3.05, 3.63) is 59.9 Å². The van der Waals surface area contributed by atoms with Gasteiger partial charge in [0.2, 0.25) is 5.91 Å². The van der Waals surface area contributed by atoms with Crippen molar-refractivity contribution in [2.75, 3.05) is 24.0 Å². The molecule has 0 fully saturated rings. The average Bonchev–Trinajstić information content (AvgIpc) is 2.66. The van der Waals surface area contributed by atoms with E-state index in [9.17, 15) is 17.6 Å². The van der Waals surface area contributed by atoms with E-state index in [-0.39, 0.29) is 16.7 Å². The van der Waals surface area contributed by atoms with Gasteiger partial charge in [0.1, 0.15) is 12.4 Å². The fourth-order valence-electron chi connectivity index (χ4n) is 2.60. The number of benzene rings is 2. The van der Waals surface area contributed by atoms with Crippen LogP contribution in [-0.4, -0.2) is 40.1 Å². The summed E-state index contributed by atoms with van der Waals surface area (Å²) in [5, 5.41) is 2.66. The average molecular weight is 423 g/mol. The Balaban J connectivity index is 2.19. The third kappa shape index (κ3) is 6.54. The number of halogens is 1. The van der Waals surface area contributed by atoms with Crippen LogP contribution in [0.5, 0.6) is 0 Å². The van der Waals surface area contributed by atoms with E-state index in [0.29, 0.717) is 19.6 Å². The molecule has 29 heavy (non-hydrogen) atoms. The Morgan fingerprint density at radius 1 is 1.14 bits per heavy atom. The number of carbonyl (C=O) groups is 1.